The van der Waals surface area contributed by atoms with Crippen LogP contribution in [-0.2, 0) is 48.4 Å². The molecule has 0 saturated heterocycles. The maximum atomic E-state index is 12.6. The van der Waals surface area contributed by atoms with Gasteiger partial charge in [0, 0.05) is 27.2 Å². The van der Waals surface area contributed by atoms with Crippen LogP contribution < -0.4 is 0 Å². The van der Waals surface area contributed by atoms with Crippen LogP contribution in [0.2, 0.25) is 0 Å². The van der Waals surface area contributed by atoms with Crippen LogP contribution in [0.25, 0.3) is 0 Å². The number of carbonyl (C=O) groups excluding carboxylic acids is 2. The molecule has 10 nitrogen and oxygen atoms in total. The highest BCUT2D eigenvalue weighted by molar-refractivity contribution is 5.77. The predicted molar refractivity (Wildman–Crippen MR) is 109 cm³/mol. The Morgan fingerprint density at radius 2 is 1.13 bits per heavy atom. The van der Waals surface area contributed by atoms with Crippen molar-refractivity contribution in [2.45, 2.75) is 64.5 Å². The average molecular weight is 415 g/mol. The van der Waals surface area contributed by atoms with Gasteiger partial charge in [-0.2, -0.15) is 0 Å². The Labute approximate surface area is 176 Å². The molecule has 2 aliphatic rings. The van der Waals surface area contributed by atoms with Gasteiger partial charge in [-0.05, 0) is 51.4 Å². The number of nitrogens with zero attached hydrogens (tertiary/aromatic N) is 8. The Balaban J connectivity index is 1.26. The lowest BCUT2D eigenvalue weighted by Gasteiger charge is -2.23. The van der Waals surface area contributed by atoms with E-state index in [0.29, 0.717) is 13.1 Å². The van der Waals surface area contributed by atoms with Gasteiger partial charge in [-0.3, -0.25) is 9.59 Å². The highest BCUT2D eigenvalue weighted by Gasteiger charge is 2.21. The molecule has 0 radical (unpaired) electrons. The molecule has 4 rings (SSSR count). The van der Waals surface area contributed by atoms with Gasteiger partial charge in [-0.15, -0.1) is 10.2 Å². The summed E-state index contributed by atoms with van der Waals surface area (Å²) in [7, 11) is 3.52. The summed E-state index contributed by atoms with van der Waals surface area (Å²) >= 11 is 0. The lowest BCUT2D eigenvalue weighted by Crippen LogP contribution is -2.40. The second kappa shape index (κ2) is 8.93. The first-order chi connectivity index (χ1) is 14.5. The summed E-state index contributed by atoms with van der Waals surface area (Å²) in [6, 6.07) is 0. The summed E-state index contributed by atoms with van der Waals surface area (Å²) in [5.41, 5.74) is 4.23. The van der Waals surface area contributed by atoms with Gasteiger partial charge in [0.05, 0.1) is 22.8 Å². The molecular formula is C20H30N8O2. The highest BCUT2D eigenvalue weighted by atomic mass is 16.2. The summed E-state index contributed by atoms with van der Waals surface area (Å²) in [5, 5.41) is 16.7. The first-order valence-electron chi connectivity index (χ1n) is 10.8. The topological polar surface area (TPSA) is 102 Å². The van der Waals surface area contributed by atoms with Crippen LogP contribution in [-0.4, -0.2) is 78.8 Å². The molecular weight excluding hydrogens is 384 g/mol. The van der Waals surface area contributed by atoms with Crippen molar-refractivity contribution in [1.29, 1.82) is 0 Å². The van der Waals surface area contributed by atoms with E-state index in [1.165, 1.54) is 0 Å². The van der Waals surface area contributed by atoms with Crippen LogP contribution in [0.15, 0.2) is 0 Å². The van der Waals surface area contributed by atoms with Crippen LogP contribution in [0.5, 0.6) is 0 Å². The van der Waals surface area contributed by atoms with Gasteiger partial charge in [-0.1, -0.05) is 10.4 Å². The molecule has 2 aromatic rings. The summed E-state index contributed by atoms with van der Waals surface area (Å²) in [6.45, 7) is 1.32. The molecule has 162 valence electrons. The molecule has 0 saturated carbocycles. The van der Waals surface area contributed by atoms with E-state index in [2.05, 4.69) is 20.6 Å². The van der Waals surface area contributed by atoms with Gasteiger partial charge in [0.25, 0.3) is 0 Å². The van der Waals surface area contributed by atoms with Crippen molar-refractivity contribution in [3.63, 3.8) is 0 Å². The molecule has 0 spiro atoms. The molecule has 2 amide bonds. The minimum Gasteiger partial charge on any atom is -0.342 e. The monoisotopic (exact) mass is 414 g/mol. The SMILES string of the molecule is CN(CCN(C)C(=O)Cn1nnc2c1CCCC2)C(=O)Cn1nnc2c1CCCC2. The Kier molecular flexibility index (Phi) is 6.10. The van der Waals surface area contributed by atoms with E-state index in [1.54, 1.807) is 33.3 Å². The lowest BCUT2D eigenvalue weighted by atomic mass is 10.0. The van der Waals surface area contributed by atoms with Crippen LogP contribution >= 0.6 is 0 Å². The van der Waals surface area contributed by atoms with E-state index >= 15 is 0 Å². The number of hydrogen-bond acceptors (Lipinski definition) is 6. The first kappa shape index (κ1) is 20.5. The summed E-state index contributed by atoms with van der Waals surface area (Å²) in [5.74, 6) is -0.0565. The van der Waals surface area contributed by atoms with Crippen LogP contribution in [0.4, 0.5) is 0 Å². The Morgan fingerprint density at radius 3 is 1.57 bits per heavy atom. The number of fused-ring (bicyclic) bond motifs is 2. The predicted octanol–water partition coefficient (Wildman–Crippen LogP) is 0.244. The third kappa shape index (κ3) is 4.36. The minimum absolute atomic E-state index is 0.0283. The number of amides is 2. The van der Waals surface area contributed by atoms with Crippen molar-refractivity contribution in [3.8, 4) is 0 Å². The maximum absolute atomic E-state index is 12.6. The number of hydrogen-bond donors (Lipinski definition) is 0. The van der Waals surface area contributed by atoms with Crippen molar-refractivity contribution >= 4 is 11.8 Å². The molecule has 10 heteroatoms. The summed E-state index contributed by atoms with van der Waals surface area (Å²) < 4.78 is 3.46. The number of likely N-dealkylation sites (N-methyl/N-ethyl adjacent to an activating group) is 2. The molecule has 2 aromatic heterocycles. The number of carbonyl (C=O) groups is 2. The van der Waals surface area contributed by atoms with Crippen LogP contribution in [0, 0.1) is 0 Å². The molecule has 0 atom stereocenters. The molecule has 30 heavy (non-hydrogen) atoms. The van der Waals surface area contributed by atoms with Crippen LogP contribution in [0.3, 0.4) is 0 Å². The molecule has 0 aromatic carbocycles. The number of aryl methyl sites for hydroxylation is 2. The van der Waals surface area contributed by atoms with Crippen molar-refractivity contribution < 1.29 is 9.59 Å². The van der Waals surface area contributed by atoms with Crippen molar-refractivity contribution in [2.75, 3.05) is 27.2 Å². The van der Waals surface area contributed by atoms with E-state index < -0.39 is 0 Å². The normalized spacial score (nSPS) is 15.4. The van der Waals surface area contributed by atoms with Gasteiger partial charge in [0.2, 0.25) is 11.8 Å². The molecule has 2 aliphatic carbocycles. The quantitative estimate of drug-likeness (QED) is 0.643. The molecule has 0 unspecified atom stereocenters. The fourth-order valence-electron chi connectivity index (χ4n) is 4.14. The Morgan fingerprint density at radius 1 is 0.733 bits per heavy atom. The van der Waals surface area contributed by atoms with Gasteiger partial charge in [0.15, 0.2) is 0 Å². The van der Waals surface area contributed by atoms with Crippen LogP contribution in [0.1, 0.15) is 48.5 Å². The van der Waals surface area contributed by atoms with E-state index in [0.717, 1.165) is 74.1 Å². The molecule has 0 bridgehead atoms. The highest BCUT2D eigenvalue weighted by Crippen LogP contribution is 2.19. The van der Waals surface area contributed by atoms with Crippen molar-refractivity contribution in [2.24, 2.45) is 0 Å². The van der Waals surface area contributed by atoms with E-state index in [1.807, 2.05) is 0 Å². The largest absolute Gasteiger partial charge is 0.342 e. The molecule has 2 heterocycles. The number of rotatable bonds is 7. The molecule has 0 fully saturated rings. The third-order valence-electron chi connectivity index (χ3n) is 6.18. The minimum atomic E-state index is -0.0283. The Hall–Kier alpha value is -2.78. The molecule has 0 N–H and O–H groups in total. The number of aromatic nitrogens is 6. The Bertz CT molecular complexity index is 844. The summed E-state index contributed by atoms with van der Waals surface area (Å²) in [4.78, 5) is 28.5. The van der Waals surface area contributed by atoms with E-state index in [4.69, 9.17) is 0 Å². The summed E-state index contributed by atoms with van der Waals surface area (Å²) in [6.07, 6.45) is 8.26. The molecule has 0 aliphatic heterocycles. The second-order valence-corrected chi connectivity index (χ2v) is 8.33. The van der Waals surface area contributed by atoms with Gasteiger partial charge in [-0.25, -0.2) is 9.36 Å². The van der Waals surface area contributed by atoms with Crippen molar-refractivity contribution in [3.05, 3.63) is 22.8 Å². The van der Waals surface area contributed by atoms with Crippen molar-refractivity contribution in [1.82, 2.24) is 39.8 Å². The van der Waals surface area contributed by atoms with Gasteiger partial charge >= 0.3 is 0 Å². The smallest absolute Gasteiger partial charge is 0.244 e. The lowest BCUT2D eigenvalue weighted by molar-refractivity contribution is -0.134. The third-order valence-corrected chi connectivity index (χ3v) is 6.18. The fourth-order valence-corrected chi connectivity index (χ4v) is 4.14. The fraction of sp³-hybridized carbons (Fsp3) is 0.700. The van der Waals surface area contributed by atoms with Gasteiger partial charge in [0.1, 0.15) is 13.1 Å². The van der Waals surface area contributed by atoms with Gasteiger partial charge < -0.3 is 9.80 Å². The zero-order valence-corrected chi connectivity index (χ0v) is 17.9. The van der Waals surface area contributed by atoms with E-state index in [9.17, 15) is 9.59 Å². The zero-order valence-electron chi connectivity index (χ0n) is 17.9. The zero-order chi connectivity index (χ0) is 21.1. The van der Waals surface area contributed by atoms with E-state index in [-0.39, 0.29) is 24.9 Å². The maximum Gasteiger partial charge on any atom is 0.244 e. The first-order valence-corrected chi connectivity index (χ1v) is 10.8. The average Bonchev–Trinajstić information content (AvgIpc) is 3.36. The second-order valence-electron chi connectivity index (χ2n) is 8.33. The standard InChI is InChI=1S/C20H30N8O2/c1-25(19(29)13-27-17-9-5-3-7-15(17)21-23-27)11-12-26(2)20(30)14-28-18-10-6-4-8-16(18)22-24-28/h3-14H2,1-2H3.